The van der Waals surface area contributed by atoms with Crippen LogP contribution in [0.25, 0.3) is 0 Å². The van der Waals surface area contributed by atoms with Gasteiger partial charge in [-0.15, -0.1) is 4.52 Å². The Morgan fingerprint density at radius 2 is 0.915 bits per heavy atom. The Hall–Kier alpha value is -5.26. The number of carbonyl (C=O) groups is 4. The fourth-order valence-electron chi connectivity index (χ4n) is 4.70. The standard InChI is InChI=1S/C34H27O12P/c35-30(22-13-5-1-6-14-22)41-21-26-27(43-31(36)23-15-7-2-8-16-23)28(44-32(37)24-17-9-3-10-18-24)29(34(42-26)46-47(39)40)45-33(38)25-19-11-4-12-20-25/h1-20,26-29,34H,21H2/t26-,27-,28+,29+,34-/m1/s1. The molecule has 47 heavy (non-hydrogen) atoms. The number of benzene rings is 4. The van der Waals surface area contributed by atoms with Crippen LogP contribution in [0.15, 0.2) is 121 Å². The largest absolute Gasteiger partial charge is 0.566 e. The van der Waals surface area contributed by atoms with Crippen molar-refractivity contribution in [2.75, 3.05) is 6.61 Å². The molecule has 1 fully saturated rings. The SMILES string of the molecule is O=C(OC[C@H]1O[C@H](O[P+](=O)[O-])[C@@H](OC(=O)c2ccccc2)[C@@H](OC(=O)c2ccccc2)[C@@H]1OC(=O)c1ccccc1)c1ccccc1. The van der Waals surface area contributed by atoms with Gasteiger partial charge >= 0.3 is 32.1 Å². The van der Waals surface area contributed by atoms with Crippen molar-refractivity contribution in [1.29, 1.82) is 0 Å². The minimum Gasteiger partial charge on any atom is -0.566 e. The summed E-state index contributed by atoms with van der Waals surface area (Å²) in [5.74, 6) is -3.53. The lowest BCUT2D eigenvalue weighted by molar-refractivity contribution is -0.289. The van der Waals surface area contributed by atoms with Crippen molar-refractivity contribution in [2.24, 2.45) is 0 Å². The van der Waals surface area contributed by atoms with Gasteiger partial charge < -0.3 is 28.6 Å². The van der Waals surface area contributed by atoms with Gasteiger partial charge in [0.2, 0.25) is 0 Å². The molecule has 4 aromatic rings. The van der Waals surface area contributed by atoms with Crippen LogP contribution in [0.3, 0.4) is 0 Å². The van der Waals surface area contributed by atoms with Gasteiger partial charge in [-0.3, -0.25) is 0 Å². The molecule has 1 aliphatic rings. The van der Waals surface area contributed by atoms with Gasteiger partial charge in [0.1, 0.15) is 12.7 Å². The number of esters is 4. The molecule has 0 saturated carbocycles. The van der Waals surface area contributed by atoms with Gasteiger partial charge in [0, 0.05) is 0 Å². The van der Waals surface area contributed by atoms with Crippen LogP contribution in [0, 0.1) is 0 Å². The molecule has 1 unspecified atom stereocenters. The zero-order chi connectivity index (χ0) is 33.2. The summed E-state index contributed by atoms with van der Waals surface area (Å²) in [6.07, 6.45) is -8.52. The van der Waals surface area contributed by atoms with E-state index in [1.807, 2.05) is 0 Å². The molecule has 6 atom stereocenters. The topological polar surface area (TPSA) is 164 Å². The molecular formula is C34H27O12P. The molecule has 13 heteroatoms. The maximum Gasteiger partial charge on any atom is 0.491 e. The lowest BCUT2D eigenvalue weighted by atomic mass is 9.97. The number of ether oxygens (including phenoxy) is 5. The summed E-state index contributed by atoms with van der Waals surface area (Å²) in [7, 11) is -3.63. The van der Waals surface area contributed by atoms with Gasteiger partial charge in [0.25, 0.3) is 6.29 Å². The number of hydrogen-bond donors (Lipinski definition) is 0. The van der Waals surface area contributed by atoms with Crippen LogP contribution in [-0.2, 0) is 32.8 Å². The van der Waals surface area contributed by atoms with Gasteiger partial charge in [-0.25, -0.2) is 19.2 Å². The van der Waals surface area contributed by atoms with Crippen LogP contribution in [0.1, 0.15) is 41.4 Å². The molecule has 1 saturated heterocycles. The van der Waals surface area contributed by atoms with Crippen LogP contribution in [-0.4, -0.2) is 61.2 Å². The smallest absolute Gasteiger partial charge is 0.491 e. The Morgan fingerprint density at radius 1 is 0.553 bits per heavy atom. The van der Waals surface area contributed by atoms with E-state index < -0.39 is 69.4 Å². The number of carbonyl (C=O) groups excluding carboxylic acids is 4. The van der Waals surface area contributed by atoms with Crippen molar-refractivity contribution in [3.05, 3.63) is 144 Å². The van der Waals surface area contributed by atoms with Crippen molar-refractivity contribution < 1.29 is 56.8 Å². The maximum absolute atomic E-state index is 13.4. The van der Waals surface area contributed by atoms with E-state index in [1.54, 1.807) is 72.8 Å². The maximum atomic E-state index is 13.4. The first kappa shape index (κ1) is 33.1. The van der Waals surface area contributed by atoms with E-state index in [1.165, 1.54) is 48.5 Å². The van der Waals surface area contributed by atoms with Gasteiger partial charge in [-0.2, -0.15) is 0 Å². The molecule has 0 aliphatic carbocycles. The summed E-state index contributed by atoms with van der Waals surface area (Å²) in [5.41, 5.74) is 0.458. The molecule has 0 aromatic heterocycles. The molecule has 0 amide bonds. The summed E-state index contributed by atoms with van der Waals surface area (Å²) >= 11 is 0. The molecular weight excluding hydrogens is 631 g/mol. The molecule has 0 spiro atoms. The Kier molecular flexibility index (Phi) is 11.2. The molecule has 0 bridgehead atoms. The number of hydrogen-bond acceptors (Lipinski definition) is 12. The molecule has 4 aromatic carbocycles. The van der Waals surface area contributed by atoms with E-state index in [9.17, 15) is 28.6 Å². The van der Waals surface area contributed by atoms with Gasteiger partial charge in [0.05, 0.1) is 22.3 Å². The summed E-state index contributed by atoms with van der Waals surface area (Å²) < 4.78 is 45.5. The second kappa shape index (κ2) is 15.8. The van der Waals surface area contributed by atoms with E-state index in [4.69, 9.17) is 28.2 Å². The zero-order valence-corrected chi connectivity index (χ0v) is 25.4. The first-order valence-corrected chi connectivity index (χ1v) is 15.4. The molecule has 240 valence electrons. The average Bonchev–Trinajstić information content (AvgIpc) is 3.10. The number of rotatable bonds is 11. The van der Waals surface area contributed by atoms with Crippen molar-refractivity contribution in [2.45, 2.75) is 30.7 Å². The lowest BCUT2D eigenvalue weighted by Crippen LogP contribution is -2.63. The van der Waals surface area contributed by atoms with Crippen LogP contribution < -0.4 is 4.89 Å². The van der Waals surface area contributed by atoms with Crippen LogP contribution in [0.4, 0.5) is 0 Å². The lowest BCUT2D eigenvalue weighted by Gasteiger charge is -2.42. The third-order valence-electron chi connectivity index (χ3n) is 6.93. The van der Waals surface area contributed by atoms with Crippen molar-refractivity contribution in [1.82, 2.24) is 0 Å². The third-order valence-corrected chi connectivity index (χ3v) is 7.31. The summed E-state index contributed by atoms with van der Waals surface area (Å²) in [4.78, 5) is 64.7. The summed E-state index contributed by atoms with van der Waals surface area (Å²) in [6, 6.07) is 31.2. The van der Waals surface area contributed by atoms with Crippen molar-refractivity contribution in [3.63, 3.8) is 0 Å². The molecule has 5 rings (SSSR count). The predicted octanol–water partition coefficient (Wildman–Crippen LogP) is 4.28. The Bertz CT molecular complexity index is 1690. The summed E-state index contributed by atoms with van der Waals surface area (Å²) in [5, 5.41) is 0. The first-order valence-electron chi connectivity index (χ1n) is 14.3. The fraction of sp³-hybridized carbons (Fsp3) is 0.176. The van der Waals surface area contributed by atoms with Gasteiger partial charge in [0.15, 0.2) is 18.3 Å². The van der Waals surface area contributed by atoms with Gasteiger partial charge in [-0.1, -0.05) is 72.8 Å². The minimum absolute atomic E-state index is 0.0719. The second-order valence-corrected chi connectivity index (χ2v) is 10.7. The van der Waals surface area contributed by atoms with E-state index in [-0.39, 0.29) is 22.3 Å². The van der Waals surface area contributed by atoms with E-state index in [2.05, 4.69) is 0 Å². The van der Waals surface area contributed by atoms with E-state index in [0.29, 0.717) is 0 Å². The van der Waals surface area contributed by atoms with Gasteiger partial charge in [-0.05, 0) is 53.1 Å². The highest BCUT2D eigenvalue weighted by molar-refractivity contribution is 7.30. The normalized spacial score (nSPS) is 20.7. The highest BCUT2D eigenvalue weighted by Gasteiger charge is 2.55. The highest BCUT2D eigenvalue weighted by atomic mass is 31.1. The Labute approximate surface area is 269 Å². The zero-order valence-electron chi connectivity index (χ0n) is 24.5. The second-order valence-electron chi connectivity index (χ2n) is 10.0. The fourth-order valence-corrected chi connectivity index (χ4v) is 5.04. The Balaban J connectivity index is 1.54. The first-order chi connectivity index (χ1) is 22.8. The molecule has 1 aliphatic heterocycles. The van der Waals surface area contributed by atoms with Crippen LogP contribution in [0.2, 0.25) is 0 Å². The van der Waals surface area contributed by atoms with Crippen LogP contribution in [0.5, 0.6) is 0 Å². The van der Waals surface area contributed by atoms with E-state index >= 15 is 0 Å². The highest BCUT2D eigenvalue weighted by Crippen LogP contribution is 2.34. The van der Waals surface area contributed by atoms with E-state index in [0.717, 1.165) is 0 Å². The molecule has 1 heterocycles. The average molecular weight is 659 g/mol. The Morgan fingerprint density at radius 3 is 1.32 bits per heavy atom. The van der Waals surface area contributed by atoms with Crippen molar-refractivity contribution in [3.8, 4) is 0 Å². The quantitative estimate of drug-likeness (QED) is 0.128. The molecule has 0 N–H and O–H groups in total. The van der Waals surface area contributed by atoms with Crippen LogP contribution >= 0.6 is 8.25 Å². The molecule has 0 radical (unpaired) electrons. The minimum atomic E-state index is -3.63. The van der Waals surface area contributed by atoms with Crippen molar-refractivity contribution >= 4 is 32.1 Å². The monoisotopic (exact) mass is 658 g/mol. The molecule has 12 nitrogen and oxygen atoms in total. The summed E-state index contributed by atoms with van der Waals surface area (Å²) in [6.45, 7) is -0.616. The predicted molar refractivity (Wildman–Crippen MR) is 161 cm³/mol. The third kappa shape index (κ3) is 8.72.